The van der Waals surface area contributed by atoms with Crippen molar-refractivity contribution in [1.29, 1.82) is 0 Å². The molecule has 0 bridgehead atoms. The van der Waals surface area contributed by atoms with Gasteiger partial charge in [-0.2, -0.15) is 0 Å². The van der Waals surface area contributed by atoms with E-state index < -0.39 is 15.1 Å². The van der Waals surface area contributed by atoms with Gasteiger partial charge in [0.05, 0.1) is 15.5 Å². The molecule has 1 atom stereocenters. The van der Waals surface area contributed by atoms with Crippen LogP contribution in [0.2, 0.25) is 0 Å². The number of sulfone groups is 1. The Balaban J connectivity index is 1.52. The highest BCUT2D eigenvalue weighted by Gasteiger charge is 2.37. The number of nitrogens with zero attached hydrogens (tertiary/aromatic N) is 4. The number of hydrogen-bond donors (Lipinski definition) is 0. The van der Waals surface area contributed by atoms with Crippen LogP contribution in [0.3, 0.4) is 0 Å². The lowest BCUT2D eigenvalue weighted by Crippen LogP contribution is -2.33. The van der Waals surface area contributed by atoms with E-state index in [-0.39, 0.29) is 22.9 Å². The van der Waals surface area contributed by atoms with Gasteiger partial charge in [-0.3, -0.25) is 14.0 Å². The highest BCUT2D eigenvalue weighted by molar-refractivity contribution is 7.92. The van der Waals surface area contributed by atoms with Gasteiger partial charge in [-0.1, -0.05) is 31.2 Å². The number of aromatic nitrogens is 3. The standard InChI is InChI=1S/C24H24N4O4S/c1-2-12-27-20(15-19-22(27)25-21-10-6-7-13-28(21)23(19)29)24(30)26-14-11-18(16-26)33(31,32)17-8-4-3-5-9-17/h3-10,13,15,18H,2,11-12,14,16H2,1H3. The average molecular weight is 465 g/mol. The second kappa shape index (κ2) is 8.15. The molecule has 1 aliphatic heterocycles. The maximum absolute atomic E-state index is 13.5. The first kappa shape index (κ1) is 21.4. The number of pyridine rings is 1. The molecule has 5 rings (SSSR count). The third-order valence-electron chi connectivity index (χ3n) is 6.19. The quantitative estimate of drug-likeness (QED) is 0.453. The summed E-state index contributed by atoms with van der Waals surface area (Å²) in [5.74, 6) is -0.277. The molecule has 4 aromatic rings. The molecule has 1 unspecified atom stereocenters. The molecule has 1 aliphatic rings. The van der Waals surface area contributed by atoms with E-state index in [1.807, 2.05) is 13.0 Å². The molecule has 0 saturated carbocycles. The lowest BCUT2D eigenvalue weighted by atomic mass is 10.3. The molecule has 0 N–H and O–H groups in total. The monoisotopic (exact) mass is 464 g/mol. The fourth-order valence-corrected chi connectivity index (χ4v) is 6.22. The molecule has 8 nitrogen and oxygen atoms in total. The molecule has 1 amide bonds. The fourth-order valence-electron chi connectivity index (χ4n) is 4.51. The van der Waals surface area contributed by atoms with Crippen molar-refractivity contribution in [3.05, 3.63) is 76.8 Å². The van der Waals surface area contributed by atoms with Gasteiger partial charge in [-0.05, 0) is 43.2 Å². The molecule has 4 heterocycles. The van der Waals surface area contributed by atoms with E-state index >= 15 is 0 Å². The minimum atomic E-state index is -3.53. The van der Waals surface area contributed by atoms with Gasteiger partial charge in [0.25, 0.3) is 11.5 Å². The van der Waals surface area contributed by atoms with Gasteiger partial charge >= 0.3 is 0 Å². The molecule has 3 aromatic heterocycles. The summed E-state index contributed by atoms with van der Waals surface area (Å²) in [5, 5.41) is -0.276. The second-order valence-electron chi connectivity index (χ2n) is 8.28. The Morgan fingerprint density at radius 3 is 2.64 bits per heavy atom. The van der Waals surface area contributed by atoms with Gasteiger partial charge < -0.3 is 9.47 Å². The third-order valence-corrected chi connectivity index (χ3v) is 8.38. The van der Waals surface area contributed by atoms with E-state index in [1.165, 1.54) is 4.40 Å². The number of carbonyl (C=O) groups is 1. The summed E-state index contributed by atoms with van der Waals surface area (Å²) < 4.78 is 29.3. The molecule has 9 heteroatoms. The molecular weight excluding hydrogens is 440 g/mol. The van der Waals surface area contributed by atoms with Crippen LogP contribution >= 0.6 is 0 Å². The van der Waals surface area contributed by atoms with Gasteiger partial charge in [-0.25, -0.2) is 13.4 Å². The number of benzene rings is 1. The van der Waals surface area contributed by atoms with Gasteiger partial charge in [-0.15, -0.1) is 0 Å². The Morgan fingerprint density at radius 2 is 1.88 bits per heavy atom. The van der Waals surface area contributed by atoms with Crippen LogP contribution in [-0.2, 0) is 16.4 Å². The Labute approximate surface area is 191 Å². The summed E-state index contributed by atoms with van der Waals surface area (Å²) in [6, 6.07) is 15.3. The summed E-state index contributed by atoms with van der Waals surface area (Å²) in [6.45, 7) is 2.99. The topological polar surface area (TPSA) is 93.8 Å². The molecule has 33 heavy (non-hydrogen) atoms. The molecule has 1 fully saturated rings. The van der Waals surface area contributed by atoms with Crippen LogP contribution in [0.15, 0.2) is 70.5 Å². The van der Waals surface area contributed by atoms with E-state index in [1.54, 1.807) is 64.2 Å². The van der Waals surface area contributed by atoms with E-state index in [2.05, 4.69) is 4.98 Å². The third kappa shape index (κ3) is 3.52. The predicted molar refractivity (Wildman–Crippen MR) is 125 cm³/mol. The zero-order valence-electron chi connectivity index (χ0n) is 18.2. The Hall–Kier alpha value is -3.46. The van der Waals surface area contributed by atoms with E-state index in [9.17, 15) is 18.0 Å². The van der Waals surface area contributed by atoms with Crippen LogP contribution in [0.4, 0.5) is 0 Å². The SMILES string of the molecule is CCCn1c(C(=O)N2CCC(S(=O)(=O)c3ccccc3)C2)cc2c(=O)n3ccccc3nc21. The van der Waals surface area contributed by atoms with Gasteiger partial charge in [0.2, 0.25) is 0 Å². The highest BCUT2D eigenvalue weighted by atomic mass is 32.2. The maximum Gasteiger partial charge on any atom is 0.270 e. The van der Waals surface area contributed by atoms with E-state index in [0.29, 0.717) is 41.9 Å². The molecule has 170 valence electrons. The number of aryl methyl sites for hydroxylation is 1. The van der Waals surface area contributed by atoms with Crippen LogP contribution in [0.5, 0.6) is 0 Å². The van der Waals surface area contributed by atoms with Crippen LogP contribution < -0.4 is 5.56 Å². The Morgan fingerprint density at radius 1 is 1.12 bits per heavy atom. The Bertz CT molecular complexity index is 1520. The lowest BCUT2D eigenvalue weighted by Gasteiger charge is -2.18. The zero-order chi connectivity index (χ0) is 23.2. The van der Waals surface area contributed by atoms with Gasteiger partial charge in [0.1, 0.15) is 17.0 Å². The van der Waals surface area contributed by atoms with Crippen molar-refractivity contribution in [2.75, 3.05) is 13.1 Å². The van der Waals surface area contributed by atoms with Crippen molar-refractivity contribution >= 4 is 32.4 Å². The number of rotatable bonds is 5. The summed E-state index contributed by atoms with van der Waals surface area (Å²) in [6.07, 6.45) is 2.79. The van der Waals surface area contributed by atoms with E-state index in [0.717, 1.165) is 6.42 Å². The molecule has 1 saturated heterocycles. The van der Waals surface area contributed by atoms with Crippen LogP contribution in [0.25, 0.3) is 16.7 Å². The van der Waals surface area contributed by atoms with Crippen LogP contribution in [0, 0.1) is 0 Å². The first-order chi connectivity index (χ1) is 15.9. The van der Waals surface area contributed by atoms with Crippen molar-refractivity contribution < 1.29 is 13.2 Å². The normalized spacial score (nSPS) is 16.6. The van der Waals surface area contributed by atoms with Crippen LogP contribution in [0.1, 0.15) is 30.3 Å². The zero-order valence-corrected chi connectivity index (χ0v) is 19.0. The van der Waals surface area contributed by atoms with Crippen molar-refractivity contribution in [3.8, 4) is 0 Å². The van der Waals surface area contributed by atoms with Crippen molar-refractivity contribution in [3.63, 3.8) is 0 Å². The predicted octanol–water partition coefficient (Wildman–Crippen LogP) is 2.75. The number of carbonyl (C=O) groups excluding carboxylic acids is 1. The summed E-state index contributed by atoms with van der Waals surface area (Å²) >= 11 is 0. The number of hydrogen-bond acceptors (Lipinski definition) is 5. The Kier molecular flexibility index (Phi) is 5.28. The number of likely N-dealkylation sites (tertiary alicyclic amines) is 1. The maximum atomic E-state index is 13.5. The first-order valence-corrected chi connectivity index (χ1v) is 12.6. The average Bonchev–Trinajstić information content (AvgIpc) is 3.47. The second-order valence-corrected chi connectivity index (χ2v) is 10.5. The largest absolute Gasteiger partial charge is 0.336 e. The summed E-state index contributed by atoms with van der Waals surface area (Å²) in [5.41, 5.74) is 1.12. The first-order valence-electron chi connectivity index (χ1n) is 11.0. The molecule has 0 radical (unpaired) electrons. The minimum Gasteiger partial charge on any atom is -0.336 e. The van der Waals surface area contributed by atoms with Crippen LogP contribution in [-0.4, -0.2) is 51.5 Å². The fraction of sp³-hybridized carbons (Fsp3) is 0.292. The molecule has 0 aliphatic carbocycles. The van der Waals surface area contributed by atoms with Crippen molar-refractivity contribution in [1.82, 2.24) is 18.9 Å². The smallest absolute Gasteiger partial charge is 0.270 e. The molecular formula is C24H24N4O4S. The minimum absolute atomic E-state index is 0.123. The van der Waals surface area contributed by atoms with Gasteiger partial charge in [0.15, 0.2) is 9.84 Å². The lowest BCUT2D eigenvalue weighted by molar-refractivity contribution is 0.0783. The summed E-state index contributed by atoms with van der Waals surface area (Å²) in [7, 11) is -3.53. The van der Waals surface area contributed by atoms with Gasteiger partial charge in [0, 0.05) is 25.8 Å². The van der Waals surface area contributed by atoms with E-state index in [4.69, 9.17) is 0 Å². The molecule has 1 aromatic carbocycles. The number of fused-ring (bicyclic) bond motifs is 2. The van der Waals surface area contributed by atoms with Crippen molar-refractivity contribution in [2.45, 2.75) is 36.5 Å². The summed E-state index contributed by atoms with van der Waals surface area (Å²) in [4.78, 5) is 33.0. The molecule has 0 spiro atoms. The van der Waals surface area contributed by atoms with Crippen molar-refractivity contribution in [2.24, 2.45) is 0 Å². The number of amides is 1. The highest BCUT2D eigenvalue weighted by Crippen LogP contribution is 2.26.